The number of hydrogen-bond acceptors (Lipinski definition) is 2. The summed E-state index contributed by atoms with van der Waals surface area (Å²) in [6, 6.07) is 9.79. The molecule has 0 aliphatic rings. The van der Waals surface area contributed by atoms with E-state index in [1.54, 1.807) is 20.0 Å². The summed E-state index contributed by atoms with van der Waals surface area (Å²) in [5.41, 5.74) is 2.53. The molecule has 0 spiro atoms. The van der Waals surface area contributed by atoms with Crippen molar-refractivity contribution in [2.45, 2.75) is 6.92 Å². The van der Waals surface area contributed by atoms with Gasteiger partial charge >= 0.3 is 0 Å². The van der Waals surface area contributed by atoms with E-state index >= 15 is 0 Å². The van der Waals surface area contributed by atoms with Crippen LogP contribution in [-0.2, 0) is 4.79 Å². The summed E-state index contributed by atoms with van der Waals surface area (Å²) in [6.07, 6.45) is 2.61. The maximum Gasteiger partial charge on any atom is 0.145 e. The van der Waals surface area contributed by atoms with Crippen LogP contribution < -0.4 is 0 Å². The minimum atomic E-state index is 0.675. The van der Waals surface area contributed by atoms with Gasteiger partial charge in [0.05, 0.1) is 5.71 Å². The van der Waals surface area contributed by atoms with Crippen molar-refractivity contribution in [1.82, 2.24) is 0 Å². The third-order valence-electron chi connectivity index (χ3n) is 1.86. The van der Waals surface area contributed by atoms with Gasteiger partial charge in [-0.3, -0.25) is 9.79 Å². The Morgan fingerprint density at radius 3 is 2.43 bits per heavy atom. The normalized spacial score (nSPS) is 12.7. The topological polar surface area (TPSA) is 29.4 Å². The van der Waals surface area contributed by atoms with Crippen LogP contribution in [0.2, 0.25) is 0 Å². The van der Waals surface area contributed by atoms with Gasteiger partial charge in [0.15, 0.2) is 0 Å². The Bertz CT molecular complexity index is 363. The summed E-state index contributed by atoms with van der Waals surface area (Å²) in [6.45, 7) is 1.76. The Morgan fingerprint density at radius 2 is 1.93 bits per heavy atom. The van der Waals surface area contributed by atoms with Gasteiger partial charge in [-0.25, -0.2) is 0 Å². The second kappa shape index (κ2) is 5.12. The summed E-state index contributed by atoms with van der Waals surface area (Å²) in [5, 5.41) is 0. The van der Waals surface area contributed by atoms with Crippen LogP contribution in [0.15, 0.2) is 47.0 Å². The predicted molar refractivity (Wildman–Crippen MR) is 58.7 cm³/mol. The van der Waals surface area contributed by atoms with Gasteiger partial charge in [-0.05, 0) is 24.1 Å². The maximum absolute atomic E-state index is 10.5. The van der Waals surface area contributed by atoms with Crippen molar-refractivity contribution in [2.24, 2.45) is 4.99 Å². The van der Waals surface area contributed by atoms with Gasteiger partial charge in [-0.2, -0.15) is 0 Å². The average molecular weight is 187 g/mol. The zero-order valence-electron chi connectivity index (χ0n) is 8.40. The molecule has 0 fully saturated rings. The van der Waals surface area contributed by atoms with Gasteiger partial charge in [0, 0.05) is 7.05 Å². The molecule has 0 atom stereocenters. The Morgan fingerprint density at radius 1 is 1.29 bits per heavy atom. The first-order chi connectivity index (χ1) is 6.77. The van der Waals surface area contributed by atoms with E-state index in [1.807, 2.05) is 30.3 Å². The lowest BCUT2D eigenvalue weighted by atomic mass is 10.1. The quantitative estimate of drug-likeness (QED) is 0.405. The molecule has 0 amide bonds. The SMILES string of the molecule is CN=C(/C=C(\C)C=O)c1ccccc1. The van der Waals surface area contributed by atoms with Crippen LogP contribution in [0.1, 0.15) is 12.5 Å². The molecule has 1 aromatic carbocycles. The number of benzene rings is 1. The number of aldehydes is 1. The monoisotopic (exact) mass is 187 g/mol. The molecule has 0 aromatic heterocycles. The highest BCUT2D eigenvalue weighted by Gasteiger charge is 1.98. The van der Waals surface area contributed by atoms with Crippen LogP contribution >= 0.6 is 0 Å². The summed E-state index contributed by atoms with van der Waals surface area (Å²) < 4.78 is 0. The molecule has 2 heteroatoms. The highest BCUT2D eigenvalue weighted by molar-refractivity contribution is 6.10. The van der Waals surface area contributed by atoms with Crippen LogP contribution in [0.3, 0.4) is 0 Å². The van der Waals surface area contributed by atoms with Gasteiger partial charge in [-0.1, -0.05) is 30.3 Å². The largest absolute Gasteiger partial charge is 0.298 e. The second-order valence-corrected chi connectivity index (χ2v) is 2.98. The first kappa shape index (κ1) is 10.4. The van der Waals surface area contributed by atoms with Crippen molar-refractivity contribution >= 4 is 12.0 Å². The average Bonchev–Trinajstić information content (AvgIpc) is 2.26. The fourth-order valence-corrected chi connectivity index (χ4v) is 1.14. The van der Waals surface area contributed by atoms with E-state index in [-0.39, 0.29) is 0 Å². The van der Waals surface area contributed by atoms with Crippen molar-refractivity contribution in [1.29, 1.82) is 0 Å². The third-order valence-corrected chi connectivity index (χ3v) is 1.86. The van der Waals surface area contributed by atoms with Gasteiger partial charge in [0.1, 0.15) is 6.29 Å². The zero-order chi connectivity index (χ0) is 10.4. The molecule has 0 heterocycles. The highest BCUT2D eigenvalue weighted by atomic mass is 16.1. The molecule has 14 heavy (non-hydrogen) atoms. The van der Waals surface area contributed by atoms with Crippen LogP contribution in [0.5, 0.6) is 0 Å². The zero-order valence-corrected chi connectivity index (χ0v) is 8.40. The fourth-order valence-electron chi connectivity index (χ4n) is 1.14. The van der Waals surface area contributed by atoms with Crippen molar-refractivity contribution in [3.05, 3.63) is 47.5 Å². The second-order valence-electron chi connectivity index (χ2n) is 2.98. The number of nitrogens with zero attached hydrogens (tertiary/aromatic N) is 1. The molecule has 72 valence electrons. The lowest BCUT2D eigenvalue weighted by molar-refractivity contribution is -0.104. The van der Waals surface area contributed by atoms with Gasteiger partial charge in [0.25, 0.3) is 0 Å². The Labute approximate surface area is 84.0 Å². The minimum Gasteiger partial charge on any atom is -0.298 e. The number of aliphatic imine (C=N–C) groups is 1. The molecule has 1 aromatic rings. The molecule has 0 N–H and O–H groups in total. The van der Waals surface area contributed by atoms with Crippen molar-refractivity contribution < 1.29 is 4.79 Å². The van der Waals surface area contributed by atoms with Crippen molar-refractivity contribution in [3.8, 4) is 0 Å². The van der Waals surface area contributed by atoms with E-state index in [0.717, 1.165) is 17.6 Å². The van der Waals surface area contributed by atoms with Crippen LogP contribution in [0.4, 0.5) is 0 Å². The van der Waals surface area contributed by atoms with Crippen molar-refractivity contribution in [3.63, 3.8) is 0 Å². The maximum atomic E-state index is 10.5. The predicted octanol–water partition coefficient (Wildman–Crippen LogP) is 2.25. The molecule has 0 radical (unpaired) electrons. The van der Waals surface area contributed by atoms with Crippen molar-refractivity contribution in [2.75, 3.05) is 7.05 Å². The molecule has 0 aliphatic heterocycles. The number of rotatable bonds is 3. The highest BCUT2D eigenvalue weighted by Crippen LogP contribution is 2.03. The standard InChI is InChI=1S/C12H13NO/c1-10(9-14)8-12(13-2)11-6-4-3-5-7-11/h3-9H,1-2H3/b10-8+,13-12?. The van der Waals surface area contributed by atoms with Crippen LogP contribution in [0.25, 0.3) is 0 Å². The molecule has 0 saturated heterocycles. The molecular formula is C12H13NO. The molecule has 0 aliphatic carbocycles. The van der Waals surface area contributed by atoms with Gasteiger partial charge < -0.3 is 0 Å². The third kappa shape index (κ3) is 2.66. The molecule has 1 rings (SSSR count). The van der Waals surface area contributed by atoms with E-state index in [1.165, 1.54) is 0 Å². The number of allylic oxidation sites excluding steroid dienone is 2. The lowest BCUT2D eigenvalue weighted by Gasteiger charge is -2.00. The fraction of sp³-hybridized carbons (Fsp3) is 0.167. The lowest BCUT2D eigenvalue weighted by Crippen LogP contribution is -1.97. The Balaban J connectivity index is 3.02. The summed E-state index contributed by atoms with van der Waals surface area (Å²) >= 11 is 0. The van der Waals surface area contributed by atoms with Gasteiger partial charge in [-0.15, -0.1) is 0 Å². The van der Waals surface area contributed by atoms with Crippen LogP contribution in [0, 0.1) is 0 Å². The van der Waals surface area contributed by atoms with Crippen LogP contribution in [-0.4, -0.2) is 19.0 Å². The van der Waals surface area contributed by atoms with E-state index in [9.17, 15) is 4.79 Å². The minimum absolute atomic E-state index is 0.675. The first-order valence-electron chi connectivity index (χ1n) is 4.43. The molecular weight excluding hydrogens is 174 g/mol. The Kier molecular flexibility index (Phi) is 3.80. The molecule has 2 nitrogen and oxygen atoms in total. The summed E-state index contributed by atoms with van der Waals surface area (Å²) in [5.74, 6) is 0. The van der Waals surface area contributed by atoms with E-state index in [4.69, 9.17) is 0 Å². The smallest absolute Gasteiger partial charge is 0.145 e. The van der Waals surface area contributed by atoms with Gasteiger partial charge in [0.2, 0.25) is 0 Å². The molecule has 0 unspecified atom stereocenters. The number of carbonyl (C=O) groups excluding carboxylic acids is 1. The number of hydrogen-bond donors (Lipinski definition) is 0. The first-order valence-corrected chi connectivity index (χ1v) is 4.43. The van der Waals surface area contributed by atoms with E-state index < -0.39 is 0 Å². The molecule has 0 bridgehead atoms. The van der Waals surface area contributed by atoms with E-state index in [2.05, 4.69) is 4.99 Å². The molecule has 0 saturated carbocycles. The Hall–Kier alpha value is -1.70. The summed E-state index contributed by atoms with van der Waals surface area (Å²) in [4.78, 5) is 14.6. The van der Waals surface area contributed by atoms with E-state index in [0.29, 0.717) is 5.57 Å². The number of carbonyl (C=O) groups is 1. The summed E-state index contributed by atoms with van der Waals surface area (Å²) in [7, 11) is 1.72.